The molecular weight excluding hydrogens is 364 g/mol. The van der Waals surface area contributed by atoms with Gasteiger partial charge in [0.1, 0.15) is 11.9 Å². The van der Waals surface area contributed by atoms with Crippen LogP contribution >= 0.6 is 0 Å². The third kappa shape index (κ3) is 3.45. The van der Waals surface area contributed by atoms with Crippen molar-refractivity contribution in [2.24, 2.45) is 34.5 Å². The van der Waals surface area contributed by atoms with E-state index in [1.807, 2.05) is 6.92 Å². The van der Waals surface area contributed by atoms with E-state index in [4.69, 9.17) is 9.47 Å². The molecule has 0 heterocycles. The molecule has 4 unspecified atom stereocenters. The Morgan fingerprint density at radius 3 is 2.34 bits per heavy atom. The predicted molar refractivity (Wildman–Crippen MR) is 112 cm³/mol. The minimum absolute atomic E-state index is 0.128. The Morgan fingerprint density at radius 1 is 0.897 bits per heavy atom. The average molecular weight is 403 g/mol. The number of allylic oxidation sites excluding steroid dienone is 2. The Hall–Kier alpha value is -1.32. The molecule has 4 aliphatic rings. The van der Waals surface area contributed by atoms with Crippen molar-refractivity contribution in [3.63, 3.8) is 0 Å². The zero-order chi connectivity index (χ0) is 21.0. The van der Waals surface area contributed by atoms with Crippen molar-refractivity contribution in [3.05, 3.63) is 11.3 Å². The molecule has 4 aliphatic carbocycles. The van der Waals surface area contributed by atoms with E-state index in [2.05, 4.69) is 13.8 Å². The first-order valence-electron chi connectivity index (χ1n) is 11.7. The van der Waals surface area contributed by atoms with Gasteiger partial charge in [-0.05, 0) is 105 Å². The zero-order valence-electron chi connectivity index (χ0n) is 18.9. The van der Waals surface area contributed by atoms with Gasteiger partial charge in [-0.25, -0.2) is 0 Å². The number of hydrogen-bond acceptors (Lipinski definition) is 4. The van der Waals surface area contributed by atoms with Crippen molar-refractivity contribution in [1.29, 1.82) is 0 Å². The number of esters is 2. The van der Waals surface area contributed by atoms with Crippen LogP contribution in [0.1, 0.15) is 92.4 Å². The highest BCUT2D eigenvalue weighted by Crippen LogP contribution is 2.67. The molecule has 0 bridgehead atoms. The molecule has 4 fully saturated rings. The fourth-order valence-electron chi connectivity index (χ4n) is 8.23. The van der Waals surface area contributed by atoms with Gasteiger partial charge in [-0.2, -0.15) is 0 Å². The van der Waals surface area contributed by atoms with Crippen LogP contribution < -0.4 is 0 Å². The summed E-state index contributed by atoms with van der Waals surface area (Å²) < 4.78 is 11.1. The second kappa shape index (κ2) is 7.42. The predicted octanol–water partition coefficient (Wildman–Crippen LogP) is 5.80. The molecule has 4 heteroatoms. The van der Waals surface area contributed by atoms with E-state index in [0.29, 0.717) is 17.3 Å². The average Bonchev–Trinajstić information content (AvgIpc) is 2.98. The molecule has 162 valence electrons. The van der Waals surface area contributed by atoms with Gasteiger partial charge < -0.3 is 9.47 Å². The van der Waals surface area contributed by atoms with Crippen LogP contribution in [0.5, 0.6) is 0 Å². The van der Waals surface area contributed by atoms with Gasteiger partial charge in [0.05, 0.1) is 0 Å². The molecule has 0 spiro atoms. The van der Waals surface area contributed by atoms with Gasteiger partial charge in [-0.3, -0.25) is 9.59 Å². The Bertz CT molecular complexity index is 724. The van der Waals surface area contributed by atoms with Crippen molar-refractivity contribution >= 4 is 11.9 Å². The van der Waals surface area contributed by atoms with E-state index < -0.39 is 0 Å². The summed E-state index contributed by atoms with van der Waals surface area (Å²) >= 11 is 0. The number of hydrogen-bond donors (Lipinski definition) is 0. The van der Waals surface area contributed by atoms with E-state index in [-0.39, 0.29) is 23.5 Å². The Morgan fingerprint density at radius 2 is 1.66 bits per heavy atom. The smallest absolute Gasteiger partial charge is 0.307 e. The third-order valence-electron chi connectivity index (χ3n) is 9.46. The fourth-order valence-corrected chi connectivity index (χ4v) is 8.23. The normalized spacial score (nSPS) is 45.5. The summed E-state index contributed by atoms with van der Waals surface area (Å²) in [6, 6.07) is 0. The monoisotopic (exact) mass is 402 g/mol. The summed E-state index contributed by atoms with van der Waals surface area (Å²) in [6.07, 6.45) is 10.8. The molecule has 7 atom stereocenters. The maximum Gasteiger partial charge on any atom is 0.307 e. The maximum absolute atomic E-state index is 11.5. The molecule has 4 rings (SSSR count). The van der Waals surface area contributed by atoms with Crippen molar-refractivity contribution < 1.29 is 19.1 Å². The molecule has 29 heavy (non-hydrogen) atoms. The van der Waals surface area contributed by atoms with Crippen LogP contribution in [0.3, 0.4) is 0 Å². The summed E-state index contributed by atoms with van der Waals surface area (Å²) in [5.74, 6) is 3.50. The van der Waals surface area contributed by atoms with Crippen LogP contribution in [-0.4, -0.2) is 18.0 Å². The number of fused-ring (bicyclic) bond motifs is 5. The molecule has 0 aliphatic heterocycles. The fraction of sp³-hybridized carbons (Fsp3) is 0.840. The molecule has 0 aromatic rings. The zero-order valence-corrected chi connectivity index (χ0v) is 18.9. The second-order valence-electron chi connectivity index (χ2n) is 10.8. The summed E-state index contributed by atoms with van der Waals surface area (Å²) in [5.41, 5.74) is 1.99. The van der Waals surface area contributed by atoms with Gasteiger partial charge in [-0.15, -0.1) is 0 Å². The van der Waals surface area contributed by atoms with E-state index >= 15 is 0 Å². The highest BCUT2D eigenvalue weighted by Gasteiger charge is 2.59. The van der Waals surface area contributed by atoms with Crippen LogP contribution in [0.15, 0.2) is 11.3 Å². The van der Waals surface area contributed by atoms with Crippen molar-refractivity contribution in [3.8, 4) is 0 Å². The minimum atomic E-state index is -0.201. The molecule has 0 amide bonds. The molecule has 0 radical (unpaired) electrons. The van der Waals surface area contributed by atoms with E-state index in [1.165, 1.54) is 57.9 Å². The molecular formula is C25H38O4. The Labute approximate surface area is 175 Å². The SMILES string of the molecule is CC(=O)O/C(C)=C1\CCC2C3CCC4C[C@@H](OC(C)=O)CC[C@]4(C)C3CC[C@]12C. The van der Waals surface area contributed by atoms with Gasteiger partial charge in [0.15, 0.2) is 0 Å². The molecule has 4 nitrogen and oxygen atoms in total. The van der Waals surface area contributed by atoms with Crippen LogP contribution in [-0.2, 0) is 19.1 Å². The van der Waals surface area contributed by atoms with Gasteiger partial charge in [-0.1, -0.05) is 13.8 Å². The lowest BCUT2D eigenvalue weighted by Gasteiger charge is -2.60. The van der Waals surface area contributed by atoms with Crippen molar-refractivity contribution in [2.45, 2.75) is 98.5 Å². The number of carbonyl (C=O) groups excluding carboxylic acids is 2. The van der Waals surface area contributed by atoms with Gasteiger partial charge >= 0.3 is 11.9 Å². The molecule has 0 aromatic heterocycles. The van der Waals surface area contributed by atoms with Crippen LogP contribution in [0.4, 0.5) is 0 Å². The number of ether oxygens (including phenoxy) is 2. The quantitative estimate of drug-likeness (QED) is 0.433. The lowest BCUT2D eigenvalue weighted by molar-refractivity contribution is -0.158. The first-order valence-corrected chi connectivity index (χ1v) is 11.7. The maximum atomic E-state index is 11.5. The molecule has 0 aromatic carbocycles. The van der Waals surface area contributed by atoms with Gasteiger partial charge in [0.25, 0.3) is 0 Å². The standard InChI is InChI=1S/C25H38O4/c1-15(28-16(2)26)21-8-9-22-20-7-6-18-14-19(29-17(3)27)10-12-24(18,4)23(20)11-13-25(21,22)5/h18-20,22-23H,6-14H2,1-5H3/b21-15+/t18?,19-,20?,22?,23?,24-,25+/m0/s1. The minimum Gasteiger partial charge on any atom is -0.463 e. The number of carbonyl (C=O) groups is 2. The Kier molecular flexibility index (Phi) is 5.36. The van der Waals surface area contributed by atoms with E-state index in [1.54, 1.807) is 0 Å². The number of rotatable bonds is 2. The summed E-state index contributed by atoms with van der Waals surface area (Å²) in [6.45, 7) is 10.0. The molecule has 4 saturated carbocycles. The third-order valence-corrected chi connectivity index (χ3v) is 9.46. The summed E-state index contributed by atoms with van der Waals surface area (Å²) in [7, 11) is 0. The van der Waals surface area contributed by atoms with E-state index in [9.17, 15) is 9.59 Å². The van der Waals surface area contributed by atoms with Crippen molar-refractivity contribution in [1.82, 2.24) is 0 Å². The van der Waals surface area contributed by atoms with E-state index in [0.717, 1.165) is 36.9 Å². The topological polar surface area (TPSA) is 52.6 Å². The van der Waals surface area contributed by atoms with Gasteiger partial charge in [0, 0.05) is 13.8 Å². The Balaban J connectivity index is 1.54. The van der Waals surface area contributed by atoms with Crippen molar-refractivity contribution in [2.75, 3.05) is 0 Å². The van der Waals surface area contributed by atoms with Crippen LogP contribution in [0, 0.1) is 34.5 Å². The van der Waals surface area contributed by atoms with Crippen LogP contribution in [0.2, 0.25) is 0 Å². The summed E-state index contributed by atoms with van der Waals surface area (Å²) in [5, 5.41) is 0. The first kappa shape index (κ1) is 20.9. The molecule has 0 saturated heterocycles. The lowest BCUT2D eigenvalue weighted by Crippen LogP contribution is -2.53. The summed E-state index contributed by atoms with van der Waals surface area (Å²) in [4.78, 5) is 22.9. The largest absolute Gasteiger partial charge is 0.463 e. The lowest BCUT2D eigenvalue weighted by atomic mass is 9.45. The van der Waals surface area contributed by atoms with Gasteiger partial charge in [0.2, 0.25) is 0 Å². The van der Waals surface area contributed by atoms with Crippen LogP contribution in [0.25, 0.3) is 0 Å². The molecule has 0 N–H and O–H groups in total. The first-order chi connectivity index (χ1) is 13.6. The highest BCUT2D eigenvalue weighted by atomic mass is 16.5. The highest BCUT2D eigenvalue weighted by molar-refractivity contribution is 5.67. The second-order valence-corrected chi connectivity index (χ2v) is 10.8.